The summed E-state index contributed by atoms with van der Waals surface area (Å²) in [5.41, 5.74) is -13.3. The van der Waals surface area contributed by atoms with E-state index in [1.807, 2.05) is 22.6 Å². The highest BCUT2D eigenvalue weighted by Gasteiger charge is 2.58. The Hall–Kier alpha value is -2.87. The summed E-state index contributed by atoms with van der Waals surface area (Å²) in [4.78, 5) is 62.9. The number of esters is 5. The molecule has 0 radical (unpaired) electrons. The Morgan fingerprint density at radius 1 is 0.565 bits per heavy atom. The zero-order valence-corrected chi connectivity index (χ0v) is 42.2. The maximum Gasteiger partial charge on any atom is 0.346 e. The third-order valence-electron chi connectivity index (χ3n) is 11.2. The lowest BCUT2D eigenvalue weighted by Crippen LogP contribution is -2.39. The van der Waals surface area contributed by atoms with E-state index in [4.69, 9.17) is 41.9 Å². The fraction of sp³-hybridized carbons (Fsp3) is 0.825. The number of hydrogen-bond donors (Lipinski definition) is 6. The van der Waals surface area contributed by atoms with E-state index >= 15 is 0 Å². The molecule has 20 nitrogen and oxygen atoms in total. The molecule has 0 aromatic carbocycles. The van der Waals surface area contributed by atoms with Crippen LogP contribution in [0.3, 0.4) is 0 Å². The maximum absolute atomic E-state index is 13.4. The molecule has 6 saturated heterocycles. The molecule has 18 atom stereocenters. The van der Waals surface area contributed by atoms with Crippen LogP contribution in [0.4, 0.5) is 26.3 Å². The number of ether oxygens (including phenoxy) is 6. The van der Waals surface area contributed by atoms with Gasteiger partial charge in [-0.1, -0.05) is 66.4 Å². The summed E-state index contributed by atoms with van der Waals surface area (Å²) in [6.45, 7) is 12.2. The van der Waals surface area contributed by atoms with Gasteiger partial charge in [-0.2, -0.15) is 0 Å². The van der Waals surface area contributed by atoms with Crippen molar-refractivity contribution in [2.45, 2.75) is 183 Å². The molecule has 0 unspecified atom stereocenters. The highest BCUT2D eigenvalue weighted by molar-refractivity contribution is 14.1. The number of aliphatic hydroxyl groups excluding tert-OH is 6. The molecular weight excluding hydrogens is 1150 g/mol. The summed E-state index contributed by atoms with van der Waals surface area (Å²) in [5, 5.41) is 65.3. The van der Waals surface area contributed by atoms with Crippen molar-refractivity contribution in [2.75, 3.05) is 22.2 Å². The second kappa shape index (κ2) is 25.7. The van der Waals surface area contributed by atoms with Crippen molar-refractivity contribution in [3.63, 3.8) is 0 Å². The lowest BCUT2D eigenvalue weighted by molar-refractivity contribution is -0.491. The van der Waals surface area contributed by atoms with Crippen LogP contribution < -0.4 is 0 Å². The second-order valence-corrected chi connectivity index (χ2v) is 18.6. The monoisotopic (exact) mass is 1210 g/mol. The molecule has 6 aliphatic rings. The van der Waals surface area contributed by atoms with Gasteiger partial charge < -0.3 is 59.1 Å². The first-order chi connectivity index (χ1) is 30.8. The van der Waals surface area contributed by atoms with Gasteiger partial charge >= 0.3 is 29.8 Å². The number of nitro groups is 1. The van der Waals surface area contributed by atoms with Crippen LogP contribution in [0.5, 0.6) is 0 Å². The minimum Gasteiger partial charge on any atom is -0.482 e. The molecule has 6 fully saturated rings. The molecule has 6 heterocycles. The summed E-state index contributed by atoms with van der Waals surface area (Å²) in [5.74, 6) is -5.27. The molecule has 0 amide bonds. The summed E-state index contributed by atoms with van der Waals surface area (Å²) in [6, 6.07) is 0. The lowest BCUT2D eigenvalue weighted by Gasteiger charge is -2.15. The van der Waals surface area contributed by atoms with Gasteiger partial charge in [0.1, 0.15) is 72.9 Å². The van der Waals surface area contributed by atoms with Crippen LogP contribution in [-0.4, -0.2) is 195 Å². The predicted molar refractivity (Wildman–Crippen MR) is 239 cm³/mol. The molecule has 69 heavy (non-hydrogen) atoms. The van der Waals surface area contributed by atoms with Crippen molar-refractivity contribution in [3.05, 3.63) is 22.5 Å². The van der Waals surface area contributed by atoms with Crippen LogP contribution in [0, 0.1) is 10.1 Å². The van der Waals surface area contributed by atoms with Gasteiger partial charge in [-0.25, -0.2) is 50.3 Å². The van der Waals surface area contributed by atoms with E-state index in [1.54, 1.807) is 13.8 Å². The highest BCUT2D eigenvalue weighted by Crippen LogP contribution is 2.37. The van der Waals surface area contributed by atoms with Crippen molar-refractivity contribution in [1.82, 2.24) is 0 Å². The number of hydrogen-bond acceptors (Lipinski definition) is 19. The Kier molecular flexibility index (Phi) is 24.6. The van der Waals surface area contributed by atoms with E-state index in [0.29, 0.717) is 17.3 Å². The van der Waals surface area contributed by atoms with Crippen molar-refractivity contribution in [1.29, 1.82) is 0 Å². The Bertz CT molecular complexity index is 1590. The van der Waals surface area contributed by atoms with Crippen molar-refractivity contribution in [2.24, 2.45) is 0 Å². The fourth-order valence-corrected chi connectivity index (χ4v) is 7.44. The van der Waals surface area contributed by atoms with Crippen molar-refractivity contribution >= 4 is 80.0 Å². The second-order valence-electron chi connectivity index (χ2n) is 16.7. The quantitative estimate of drug-likeness (QED) is 0.0406. The van der Waals surface area contributed by atoms with Gasteiger partial charge in [0, 0.05) is 14.7 Å². The van der Waals surface area contributed by atoms with Gasteiger partial charge in [-0.05, 0) is 54.4 Å². The van der Waals surface area contributed by atoms with E-state index < -0.39 is 149 Å². The zero-order chi connectivity index (χ0) is 53.5. The number of nitrogens with zero attached hydrogens (tertiary/aromatic N) is 1. The van der Waals surface area contributed by atoms with E-state index in [-0.39, 0.29) is 24.4 Å². The predicted octanol–water partition coefficient (Wildman–Crippen LogP) is 2.79. The Morgan fingerprint density at radius 2 is 0.826 bits per heavy atom. The molecule has 0 aromatic rings. The molecule has 6 rings (SSSR count). The molecule has 402 valence electrons. The summed E-state index contributed by atoms with van der Waals surface area (Å²) in [6.07, 6.45) is -12.3. The maximum atomic E-state index is 13.4. The number of rotatable bonds is 7. The molecular formula is C40H60BrClF6INO19. The number of cyclic esters (lactones) is 5. The third kappa shape index (κ3) is 15.1. The van der Waals surface area contributed by atoms with E-state index in [9.17, 15) is 65.5 Å². The van der Waals surface area contributed by atoms with Crippen LogP contribution in [0.15, 0.2) is 12.3 Å². The van der Waals surface area contributed by atoms with Gasteiger partial charge in [-0.15, -0.1) is 11.6 Å². The largest absolute Gasteiger partial charge is 0.482 e. The van der Waals surface area contributed by atoms with Gasteiger partial charge in [0.25, 0.3) is 0 Å². The van der Waals surface area contributed by atoms with Crippen LogP contribution in [-0.2, 0) is 52.4 Å². The first-order valence-electron chi connectivity index (χ1n) is 20.3. The number of halogens is 9. The highest BCUT2D eigenvalue weighted by atomic mass is 127. The molecule has 6 N–H and O–H groups in total. The Labute approximate surface area is 420 Å². The molecule has 0 saturated carbocycles. The van der Waals surface area contributed by atoms with E-state index in [2.05, 4.69) is 46.2 Å². The number of carbonyl (C=O) groups excluding carboxylic acids is 5. The van der Waals surface area contributed by atoms with Crippen LogP contribution in [0.25, 0.3) is 0 Å². The molecule has 0 bridgehead atoms. The molecule has 0 aromatic heterocycles. The standard InChI is InChI=1S/C7H10FNO4.2C7H11FO3.C6H8BrFO3.C6H8ClFO3.C6H8FIO3.CH4/c1-4-7(2,8)6(10)5(13-4)3-9(11)12;2*1-3-4-5(9)7(2,8)6(10)11-4;2*1-6(8)4(9)3(2-7)11-5(6)10;1-6(7)4(9)3(2-8)11-5(6)10;/h5-6,10H,1,3H2,2H3;2*4-5,9H,3H2,1-2H3;3*3-4,9H,2H2,1H3;1H4/t5-,6+,7-;2*4-,5+,7+;3*3-,4+,6+;/m000000./s1. The van der Waals surface area contributed by atoms with Crippen LogP contribution in [0.2, 0.25) is 0 Å². The number of carbonyl (C=O) groups is 5. The van der Waals surface area contributed by atoms with Crippen LogP contribution in [0.1, 0.15) is 75.7 Å². The average Bonchev–Trinajstić information content (AvgIpc) is 3.90. The minimum atomic E-state index is -2.31. The Balaban J connectivity index is 0.000000803. The lowest BCUT2D eigenvalue weighted by atomic mass is 9.99. The molecule has 0 aliphatic carbocycles. The zero-order valence-electron chi connectivity index (χ0n) is 37.7. The SMILES string of the molecule is C.C=C1O[C@@H](C[N+](=O)[O-])[C@@H](O)[C@@]1(C)F.CC[C@@H]1OC(=O)[C@](C)(F)[C@@H]1O.CC[C@@H]1OC(=O)[C@](C)(F)[C@@H]1O.C[C@]1(F)C(=O)O[C@@H](CBr)[C@H]1O.C[C@]1(F)C(=O)O[C@@H](CCl)[C@H]1O.C[C@]1(F)C(=O)O[C@@H](CI)[C@H]1O. The summed E-state index contributed by atoms with van der Waals surface area (Å²) < 4.78 is 107. The fourth-order valence-electron chi connectivity index (χ4n) is 6.06. The minimum absolute atomic E-state index is 0. The van der Waals surface area contributed by atoms with Crippen molar-refractivity contribution < 1.29 is 114 Å². The molecule has 0 spiro atoms. The average molecular weight is 1220 g/mol. The van der Waals surface area contributed by atoms with Crippen molar-refractivity contribution in [3.8, 4) is 0 Å². The van der Waals surface area contributed by atoms with E-state index in [0.717, 1.165) is 41.5 Å². The smallest absolute Gasteiger partial charge is 0.346 e. The number of alkyl halides is 9. The van der Waals surface area contributed by atoms with Gasteiger partial charge in [0.2, 0.25) is 34.9 Å². The first-order valence-corrected chi connectivity index (χ1v) is 23.5. The first kappa shape index (κ1) is 66.1. The third-order valence-corrected chi connectivity index (χ3v) is 13.0. The molecule has 29 heteroatoms. The van der Waals surface area contributed by atoms with E-state index in [1.165, 1.54) is 0 Å². The van der Waals surface area contributed by atoms with Crippen LogP contribution >= 0.6 is 50.1 Å². The summed E-state index contributed by atoms with van der Waals surface area (Å²) >= 11 is 10.2. The normalized spacial score (nSPS) is 42.5. The summed E-state index contributed by atoms with van der Waals surface area (Å²) in [7, 11) is 0. The topological polar surface area (TPSA) is 305 Å². The number of aliphatic hydroxyl groups is 6. The van der Waals surface area contributed by atoms with Gasteiger partial charge in [0.15, 0.2) is 11.8 Å². The molecule has 6 aliphatic heterocycles. The van der Waals surface area contributed by atoms with Gasteiger partial charge in [0.05, 0.1) is 5.88 Å². The Morgan fingerprint density at radius 3 is 0.957 bits per heavy atom. The van der Waals surface area contributed by atoms with Gasteiger partial charge in [-0.3, -0.25) is 10.1 Å².